The average molecular weight is 195 g/mol. The molecule has 1 aromatic rings. The van der Waals surface area contributed by atoms with Gasteiger partial charge in [0, 0.05) is 18.8 Å². The molecule has 1 aromatic carbocycles. The van der Waals surface area contributed by atoms with Crippen LogP contribution >= 0.6 is 12.6 Å². The largest absolute Gasteiger partial charge is 0.312 e. The summed E-state index contributed by atoms with van der Waals surface area (Å²) < 4.78 is 0. The van der Waals surface area contributed by atoms with Crippen molar-refractivity contribution in [2.75, 3.05) is 12.3 Å². The molecule has 0 atom stereocenters. The van der Waals surface area contributed by atoms with Crippen LogP contribution in [0.25, 0.3) is 0 Å². The molecule has 0 amide bonds. The number of hydrogen-bond donors (Lipinski definition) is 2. The van der Waals surface area contributed by atoms with Gasteiger partial charge in [0.25, 0.3) is 0 Å². The second kappa shape index (κ2) is 5.30. The number of rotatable bonds is 4. The van der Waals surface area contributed by atoms with Gasteiger partial charge in [-0.05, 0) is 19.4 Å². The maximum Gasteiger partial charge on any atom is 0.0206 e. The zero-order valence-electron chi connectivity index (χ0n) is 8.30. The lowest BCUT2D eigenvalue weighted by Crippen LogP contribution is -2.15. The number of nitrogens with one attached hydrogen (secondary N) is 1. The molecule has 1 N–H and O–H groups in total. The lowest BCUT2D eigenvalue weighted by Gasteiger charge is -2.05. The van der Waals surface area contributed by atoms with Crippen LogP contribution in [0.1, 0.15) is 16.7 Å². The fourth-order valence-corrected chi connectivity index (χ4v) is 1.64. The Morgan fingerprint density at radius 1 is 1.15 bits per heavy atom. The van der Waals surface area contributed by atoms with Gasteiger partial charge in [-0.3, -0.25) is 0 Å². The van der Waals surface area contributed by atoms with Crippen molar-refractivity contribution in [3.05, 3.63) is 34.9 Å². The van der Waals surface area contributed by atoms with Gasteiger partial charge < -0.3 is 5.32 Å². The predicted octanol–water partition coefficient (Wildman–Crippen LogP) is 2.32. The van der Waals surface area contributed by atoms with Crippen molar-refractivity contribution in [2.24, 2.45) is 0 Å². The molecule has 0 aromatic heterocycles. The monoisotopic (exact) mass is 195 g/mol. The van der Waals surface area contributed by atoms with Gasteiger partial charge in [-0.15, -0.1) is 0 Å². The number of aryl methyl sites for hydroxylation is 2. The van der Waals surface area contributed by atoms with Crippen molar-refractivity contribution >= 4 is 12.6 Å². The Balaban J connectivity index is 2.56. The summed E-state index contributed by atoms with van der Waals surface area (Å²) in [4.78, 5) is 0. The van der Waals surface area contributed by atoms with Crippen molar-refractivity contribution in [1.29, 1.82) is 0 Å². The molecule has 1 rings (SSSR count). The van der Waals surface area contributed by atoms with Crippen molar-refractivity contribution in [3.8, 4) is 0 Å². The van der Waals surface area contributed by atoms with Crippen LogP contribution in [-0.2, 0) is 6.54 Å². The number of hydrogen-bond acceptors (Lipinski definition) is 2. The third kappa shape index (κ3) is 3.83. The molecular weight excluding hydrogens is 178 g/mol. The molecule has 0 bridgehead atoms. The summed E-state index contributed by atoms with van der Waals surface area (Å²) in [7, 11) is 0. The van der Waals surface area contributed by atoms with Crippen LogP contribution in [0.15, 0.2) is 18.2 Å². The first-order valence-corrected chi connectivity index (χ1v) is 5.24. The van der Waals surface area contributed by atoms with Crippen LogP contribution in [0.5, 0.6) is 0 Å². The summed E-state index contributed by atoms with van der Waals surface area (Å²) in [6.45, 7) is 6.18. The van der Waals surface area contributed by atoms with E-state index in [2.05, 4.69) is 50.0 Å². The van der Waals surface area contributed by atoms with Gasteiger partial charge in [-0.1, -0.05) is 29.3 Å². The van der Waals surface area contributed by atoms with Gasteiger partial charge in [-0.2, -0.15) is 12.6 Å². The van der Waals surface area contributed by atoms with Gasteiger partial charge in [0.2, 0.25) is 0 Å². The van der Waals surface area contributed by atoms with E-state index in [4.69, 9.17) is 0 Å². The molecule has 0 radical (unpaired) electrons. The Kier molecular flexibility index (Phi) is 4.33. The summed E-state index contributed by atoms with van der Waals surface area (Å²) in [5.74, 6) is 0.894. The number of thiol groups is 1. The Bertz CT molecular complexity index is 251. The summed E-state index contributed by atoms with van der Waals surface area (Å²) in [6.07, 6.45) is 0. The third-order valence-corrected chi connectivity index (χ3v) is 2.12. The first-order chi connectivity index (χ1) is 6.22. The zero-order valence-corrected chi connectivity index (χ0v) is 9.20. The van der Waals surface area contributed by atoms with Crippen molar-refractivity contribution in [2.45, 2.75) is 20.4 Å². The van der Waals surface area contributed by atoms with Gasteiger partial charge in [0.15, 0.2) is 0 Å². The molecule has 13 heavy (non-hydrogen) atoms. The second-order valence-corrected chi connectivity index (χ2v) is 3.84. The first-order valence-electron chi connectivity index (χ1n) is 4.61. The Morgan fingerprint density at radius 2 is 1.77 bits per heavy atom. The van der Waals surface area contributed by atoms with Crippen LogP contribution in [-0.4, -0.2) is 12.3 Å². The van der Waals surface area contributed by atoms with E-state index in [0.717, 1.165) is 18.8 Å². The van der Waals surface area contributed by atoms with Crippen LogP contribution in [0.3, 0.4) is 0 Å². The summed E-state index contributed by atoms with van der Waals surface area (Å²) in [5, 5.41) is 3.33. The molecule has 2 heteroatoms. The van der Waals surface area contributed by atoms with Gasteiger partial charge in [-0.25, -0.2) is 0 Å². The Morgan fingerprint density at radius 3 is 2.31 bits per heavy atom. The van der Waals surface area contributed by atoms with Gasteiger partial charge in [0.05, 0.1) is 0 Å². The topological polar surface area (TPSA) is 12.0 Å². The maximum absolute atomic E-state index is 4.15. The lowest BCUT2D eigenvalue weighted by molar-refractivity contribution is 0.732. The van der Waals surface area contributed by atoms with E-state index in [1.54, 1.807) is 0 Å². The van der Waals surface area contributed by atoms with Crippen LogP contribution < -0.4 is 5.32 Å². The molecule has 0 saturated heterocycles. The lowest BCUT2D eigenvalue weighted by atomic mass is 10.1. The van der Waals surface area contributed by atoms with Crippen LogP contribution in [0.4, 0.5) is 0 Å². The van der Waals surface area contributed by atoms with E-state index in [9.17, 15) is 0 Å². The Labute approximate surface area is 86.0 Å². The zero-order chi connectivity index (χ0) is 9.68. The highest BCUT2D eigenvalue weighted by Crippen LogP contribution is 2.08. The second-order valence-electron chi connectivity index (χ2n) is 3.40. The van der Waals surface area contributed by atoms with E-state index < -0.39 is 0 Å². The molecule has 0 saturated carbocycles. The maximum atomic E-state index is 4.15. The SMILES string of the molecule is Cc1cc(C)cc(CNCCS)c1. The normalized spacial score (nSPS) is 10.4. The van der Waals surface area contributed by atoms with E-state index in [-0.39, 0.29) is 0 Å². The third-order valence-electron chi connectivity index (χ3n) is 1.90. The minimum Gasteiger partial charge on any atom is -0.312 e. The summed E-state index contributed by atoms with van der Waals surface area (Å²) in [5.41, 5.74) is 4.03. The fraction of sp³-hybridized carbons (Fsp3) is 0.455. The van der Waals surface area contributed by atoms with Gasteiger partial charge in [0.1, 0.15) is 0 Å². The van der Waals surface area contributed by atoms with E-state index >= 15 is 0 Å². The van der Waals surface area contributed by atoms with Crippen molar-refractivity contribution in [3.63, 3.8) is 0 Å². The fourth-order valence-electron chi connectivity index (χ4n) is 1.48. The predicted molar refractivity (Wildman–Crippen MR) is 61.5 cm³/mol. The molecule has 0 aliphatic rings. The molecular formula is C11H17NS. The molecule has 0 fully saturated rings. The smallest absolute Gasteiger partial charge is 0.0206 e. The highest BCUT2D eigenvalue weighted by Gasteiger charge is 1.94. The van der Waals surface area contributed by atoms with Crippen LogP contribution in [0, 0.1) is 13.8 Å². The first kappa shape index (κ1) is 10.6. The Hall–Kier alpha value is -0.470. The number of benzene rings is 1. The molecule has 0 heterocycles. The van der Waals surface area contributed by atoms with E-state index in [1.807, 2.05) is 0 Å². The minimum absolute atomic E-state index is 0.894. The highest BCUT2D eigenvalue weighted by atomic mass is 32.1. The quantitative estimate of drug-likeness (QED) is 0.555. The van der Waals surface area contributed by atoms with Gasteiger partial charge >= 0.3 is 0 Å². The average Bonchev–Trinajstić information content (AvgIpc) is 2.03. The van der Waals surface area contributed by atoms with Crippen molar-refractivity contribution < 1.29 is 0 Å². The van der Waals surface area contributed by atoms with E-state index in [1.165, 1.54) is 16.7 Å². The molecule has 0 aliphatic carbocycles. The minimum atomic E-state index is 0.894. The molecule has 0 aliphatic heterocycles. The van der Waals surface area contributed by atoms with Crippen molar-refractivity contribution in [1.82, 2.24) is 5.32 Å². The van der Waals surface area contributed by atoms with Crippen LogP contribution in [0.2, 0.25) is 0 Å². The summed E-state index contributed by atoms with van der Waals surface area (Å²) >= 11 is 4.15. The molecule has 0 spiro atoms. The standard InChI is InChI=1S/C11H17NS/c1-9-5-10(2)7-11(6-9)8-12-3-4-13/h5-7,12-13H,3-4,8H2,1-2H3. The molecule has 1 nitrogen and oxygen atoms in total. The molecule has 0 unspecified atom stereocenters. The molecule has 72 valence electrons. The van der Waals surface area contributed by atoms with E-state index in [0.29, 0.717) is 0 Å². The summed E-state index contributed by atoms with van der Waals surface area (Å²) in [6, 6.07) is 6.64. The highest BCUT2D eigenvalue weighted by molar-refractivity contribution is 7.80.